The molecule has 0 amide bonds. The molecule has 2 heterocycles. The number of hydrogen-bond donors (Lipinski definition) is 0. The standard InChI is InChI=1S/C19H16ClFN4O4S2/c20-16-11-13(1-6-17(16)21)18-12-30-19(22-18)23-7-9-24(10-8-23)31(28,29)15-4-2-14(3-5-15)25(26)27/h1-6,11-12H,7-10H2. The van der Waals surface area contributed by atoms with E-state index < -0.39 is 20.8 Å². The van der Waals surface area contributed by atoms with E-state index in [0.717, 1.165) is 5.13 Å². The van der Waals surface area contributed by atoms with Gasteiger partial charge in [-0.05, 0) is 30.3 Å². The van der Waals surface area contributed by atoms with E-state index in [0.29, 0.717) is 24.3 Å². The fourth-order valence-corrected chi connectivity index (χ4v) is 5.70. The fraction of sp³-hybridized carbons (Fsp3) is 0.211. The van der Waals surface area contributed by atoms with Crippen molar-refractivity contribution >= 4 is 43.8 Å². The first-order chi connectivity index (χ1) is 14.8. The van der Waals surface area contributed by atoms with Gasteiger partial charge < -0.3 is 4.90 Å². The number of nitrogens with zero attached hydrogens (tertiary/aromatic N) is 4. The van der Waals surface area contributed by atoms with Crippen LogP contribution in [-0.4, -0.2) is 48.8 Å². The Hall–Kier alpha value is -2.60. The molecule has 8 nitrogen and oxygen atoms in total. The Morgan fingerprint density at radius 2 is 1.77 bits per heavy atom. The number of piperazine rings is 1. The van der Waals surface area contributed by atoms with Gasteiger partial charge in [0.15, 0.2) is 5.13 Å². The second-order valence-corrected chi connectivity index (χ2v) is 9.97. The molecule has 0 aliphatic carbocycles. The number of anilines is 1. The molecule has 2 aromatic carbocycles. The molecular formula is C19H16ClFN4O4S2. The van der Waals surface area contributed by atoms with E-state index in [-0.39, 0.29) is 28.7 Å². The van der Waals surface area contributed by atoms with E-state index >= 15 is 0 Å². The van der Waals surface area contributed by atoms with Crippen molar-refractivity contribution in [3.05, 3.63) is 68.8 Å². The molecule has 3 aromatic rings. The fourth-order valence-electron chi connectivity index (χ4n) is 3.21. The average molecular weight is 483 g/mol. The normalized spacial score (nSPS) is 15.2. The Morgan fingerprint density at radius 1 is 1.10 bits per heavy atom. The van der Waals surface area contributed by atoms with Gasteiger partial charge in [-0.3, -0.25) is 10.1 Å². The summed E-state index contributed by atoms with van der Waals surface area (Å²) in [5, 5.41) is 13.4. The van der Waals surface area contributed by atoms with Gasteiger partial charge in [-0.2, -0.15) is 4.31 Å². The summed E-state index contributed by atoms with van der Waals surface area (Å²) in [6.07, 6.45) is 0. The maximum atomic E-state index is 13.4. The topological polar surface area (TPSA) is 96.6 Å². The third kappa shape index (κ3) is 4.40. The number of aromatic nitrogens is 1. The molecular weight excluding hydrogens is 467 g/mol. The minimum Gasteiger partial charge on any atom is -0.345 e. The zero-order valence-corrected chi connectivity index (χ0v) is 18.3. The average Bonchev–Trinajstić information content (AvgIpc) is 3.26. The molecule has 1 saturated heterocycles. The van der Waals surface area contributed by atoms with Crippen molar-refractivity contribution in [2.24, 2.45) is 0 Å². The summed E-state index contributed by atoms with van der Waals surface area (Å²) in [5.41, 5.74) is 1.21. The number of halogens is 2. The molecule has 0 unspecified atom stereocenters. The molecule has 0 atom stereocenters. The van der Waals surface area contributed by atoms with E-state index in [9.17, 15) is 22.9 Å². The number of nitro groups is 1. The van der Waals surface area contributed by atoms with Crippen molar-refractivity contribution in [1.29, 1.82) is 0 Å². The predicted octanol–water partition coefficient (Wildman–Crippen LogP) is 4.02. The Morgan fingerprint density at radius 3 is 2.39 bits per heavy atom. The Labute approximate surface area is 186 Å². The van der Waals surface area contributed by atoms with Crippen LogP contribution in [0.2, 0.25) is 5.02 Å². The molecule has 4 rings (SSSR count). The molecule has 1 aliphatic heterocycles. The van der Waals surface area contributed by atoms with Crippen LogP contribution in [0.15, 0.2) is 52.7 Å². The molecule has 0 radical (unpaired) electrons. The van der Waals surface area contributed by atoms with Crippen LogP contribution in [0.25, 0.3) is 11.3 Å². The zero-order chi connectivity index (χ0) is 22.2. The minimum atomic E-state index is -3.74. The lowest BCUT2D eigenvalue weighted by atomic mass is 10.2. The van der Waals surface area contributed by atoms with E-state index in [1.54, 1.807) is 6.07 Å². The summed E-state index contributed by atoms with van der Waals surface area (Å²) in [7, 11) is -3.74. The molecule has 1 aromatic heterocycles. The number of non-ortho nitro benzene ring substituents is 1. The summed E-state index contributed by atoms with van der Waals surface area (Å²) < 4.78 is 40.4. The van der Waals surface area contributed by atoms with Gasteiger partial charge in [0.25, 0.3) is 5.69 Å². The van der Waals surface area contributed by atoms with Crippen LogP contribution in [0, 0.1) is 15.9 Å². The van der Waals surface area contributed by atoms with Gasteiger partial charge in [-0.25, -0.2) is 17.8 Å². The van der Waals surface area contributed by atoms with Gasteiger partial charge in [0, 0.05) is 49.3 Å². The van der Waals surface area contributed by atoms with Gasteiger partial charge in [0.05, 0.1) is 20.5 Å². The van der Waals surface area contributed by atoms with Crippen LogP contribution in [0.4, 0.5) is 15.2 Å². The Kier molecular flexibility index (Phi) is 5.93. The Balaban J connectivity index is 1.44. The highest BCUT2D eigenvalue weighted by atomic mass is 35.5. The first kappa shape index (κ1) is 21.6. The lowest BCUT2D eigenvalue weighted by Gasteiger charge is -2.33. The van der Waals surface area contributed by atoms with Gasteiger partial charge in [-0.1, -0.05) is 11.6 Å². The number of rotatable bonds is 5. The van der Waals surface area contributed by atoms with Crippen LogP contribution in [0.1, 0.15) is 0 Å². The lowest BCUT2D eigenvalue weighted by Crippen LogP contribution is -2.48. The van der Waals surface area contributed by atoms with Crippen molar-refractivity contribution in [1.82, 2.24) is 9.29 Å². The molecule has 0 N–H and O–H groups in total. The quantitative estimate of drug-likeness (QED) is 0.402. The van der Waals surface area contributed by atoms with E-state index in [4.69, 9.17) is 11.6 Å². The maximum absolute atomic E-state index is 13.4. The van der Waals surface area contributed by atoms with Crippen molar-refractivity contribution in [3.63, 3.8) is 0 Å². The first-order valence-corrected chi connectivity index (χ1v) is 11.9. The summed E-state index contributed by atoms with van der Waals surface area (Å²) in [6, 6.07) is 9.28. The van der Waals surface area contributed by atoms with Crippen molar-refractivity contribution < 1.29 is 17.7 Å². The van der Waals surface area contributed by atoms with E-state index in [1.807, 2.05) is 10.3 Å². The van der Waals surface area contributed by atoms with Gasteiger partial charge >= 0.3 is 0 Å². The third-order valence-corrected chi connectivity index (χ3v) is 8.01. The first-order valence-electron chi connectivity index (χ1n) is 9.16. The number of nitro benzene ring substituents is 1. The summed E-state index contributed by atoms with van der Waals surface area (Å²) in [5.74, 6) is -0.494. The molecule has 162 valence electrons. The van der Waals surface area contributed by atoms with Crippen LogP contribution in [0.3, 0.4) is 0 Å². The maximum Gasteiger partial charge on any atom is 0.269 e. The Bertz CT molecular complexity index is 1230. The van der Waals surface area contributed by atoms with Gasteiger partial charge in [0.2, 0.25) is 10.0 Å². The summed E-state index contributed by atoms with van der Waals surface area (Å²) in [4.78, 5) is 16.8. The van der Waals surface area contributed by atoms with Crippen LogP contribution < -0.4 is 4.90 Å². The molecule has 31 heavy (non-hydrogen) atoms. The zero-order valence-electron chi connectivity index (χ0n) is 15.9. The predicted molar refractivity (Wildman–Crippen MR) is 117 cm³/mol. The number of thiazole rings is 1. The summed E-state index contributed by atoms with van der Waals surface area (Å²) in [6.45, 7) is 1.42. The van der Waals surface area contributed by atoms with Crippen LogP contribution >= 0.6 is 22.9 Å². The smallest absolute Gasteiger partial charge is 0.269 e. The largest absolute Gasteiger partial charge is 0.345 e. The SMILES string of the molecule is O=[N+]([O-])c1ccc(S(=O)(=O)N2CCN(c3nc(-c4ccc(F)c(Cl)c4)cs3)CC2)cc1. The van der Waals surface area contributed by atoms with Crippen LogP contribution in [0.5, 0.6) is 0 Å². The highest BCUT2D eigenvalue weighted by molar-refractivity contribution is 7.89. The van der Waals surface area contributed by atoms with Gasteiger partial charge in [0.1, 0.15) is 5.82 Å². The third-order valence-electron chi connectivity index (χ3n) is 4.90. The number of hydrogen-bond acceptors (Lipinski definition) is 7. The molecule has 12 heteroatoms. The van der Waals surface area contributed by atoms with E-state index in [2.05, 4.69) is 4.98 Å². The van der Waals surface area contributed by atoms with E-state index in [1.165, 1.54) is 52.0 Å². The van der Waals surface area contributed by atoms with Crippen molar-refractivity contribution in [2.75, 3.05) is 31.1 Å². The minimum absolute atomic E-state index is 0.0243. The van der Waals surface area contributed by atoms with Crippen molar-refractivity contribution in [3.8, 4) is 11.3 Å². The highest BCUT2D eigenvalue weighted by Crippen LogP contribution is 2.31. The monoisotopic (exact) mass is 482 g/mol. The number of benzene rings is 2. The molecule has 0 bridgehead atoms. The molecule has 1 fully saturated rings. The van der Waals surface area contributed by atoms with Crippen LogP contribution in [-0.2, 0) is 10.0 Å². The second kappa shape index (κ2) is 8.50. The molecule has 0 spiro atoms. The summed E-state index contributed by atoms with van der Waals surface area (Å²) >= 11 is 7.26. The highest BCUT2D eigenvalue weighted by Gasteiger charge is 2.29. The molecule has 0 saturated carbocycles. The lowest BCUT2D eigenvalue weighted by molar-refractivity contribution is -0.384. The van der Waals surface area contributed by atoms with Crippen molar-refractivity contribution in [2.45, 2.75) is 4.90 Å². The molecule has 1 aliphatic rings. The van der Waals surface area contributed by atoms with Gasteiger partial charge in [-0.15, -0.1) is 11.3 Å². The number of sulfonamides is 1. The second-order valence-electron chi connectivity index (χ2n) is 6.79.